The highest BCUT2D eigenvalue weighted by Gasteiger charge is 2.41. The van der Waals surface area contributed by atoms with Gasteiger partial charge in [0.1, 0.15) is 0 Å². The third-order valence-electron chi connectivity index (χ3n) is 3.96. The van der Waals surface area contributed by atoms with Crippen molar-refractivity contribution in [1.82, 2.24) is 10.2 Å². The molecular weight excluding hydrogens is 265 g/mol. The van der Waals surface area contributed by atoms with Crippen molar-refractivity contribution < 1.29 is 13.2 Å². The van der Waals surface area contributed by atoms with Crippen LogP contribution < -0.4 is 5.32 Å². The second-order valence-electron chi connectivity index (χ2n) is 5.39. The molecule has 20 heavy (non-hydrogen) atoms. The highest BCUT2D eigenvalue weighted by Crippen LogP contribution is 2.33. The largest absolute Gasteiger partial charge is 0.393 e. The third kappa shape index (κ3) is 3.96. The van der Waals surface area contributed by atoms with Crippen LogP contribution >= 0.6 is 0 Å². The van der Waals surface area contributed by atoms with Gasteiger partial charge < -0.3 is 10.2 Å². The number of alkyl halides is 3. The molecule has 1 heterocycles. The van der Waals surface area contributed by atoms with E-state index in [9.17, 15) is 13.2 Å². The van der Waals surface area contributed by atoms with Crippen molar-refractivity contribution in [3.05, 3.63) is 35.9 Å². The molecule has 1 aromatic rings. The number of likely N-dealkylation sites (N-methyl/N-ethyl adjacent to an activating group) is 1. The molecule has 1 aromatic carbocycles. The molecule has 0 aromatic heterocycles. The molecule has 112 valence electrons. The zero-order chi connectivity index (χ0) is 14.6. The summed E-state index contributed by atoms with van der Waals surface area (Å²) < 4.78 is 38.4. The van der Waals surface area contributed by atoms with E-state index in [1.807, 2.05) is 42.3 Å². The van der Waals surface area contributed by atoms with Gasteiger partial charge in [-0.05, 0) is 32.0 Å². The molecule has 5 heteroatoms. The lowest BCUT2D eigenvalue weighted by molar-refractivity contribution is -0.186. The zero-order valence-corrected chi connectivity index (χ0v) is 11.7. The number of benzene rings is 1. The van der Waals surface area contributed by atoms with Crippen molar-refractivity contribution in [1.29, 1.82) is 0 Å². The van der Waals surface area contributed by atoms with Gasteiger partial charge in [-0.2, -0.15) is 13.2 Å². The van der Waals surface area contributed by atoms with Gasteiger partial charge in [-0.15, -0.1) is 0 Å². The molecule has 0 saturated carbocycles. The van der Waals surface area contributed by atoms with Gasteiger partial charge in [0.15, 0.2) is 0 Å². The summed E-state index contributed by atoms with van der Waals surface area (Å²) in [4.78, 5) is 1.93. The van der Waals surface area contributed by atoms with Crippen molar-refractivity contribution in [2.45, 2.75) is 25.1 Å². The molecule has 0 radical (unpaired) electrons. The molecule has 0 spiro atoms. The molecular formula is C15H21F3N2. The molecule has 1 aliphatic heterocycles. The van der Waals surface area contributed by atoms with Crippen LogP contribution in [0.3, 0.4) is 0 Å². The predicted molar refractivity (Wildman–Crippen MR) is 73.5 cm³/mol. The monoisotopic (exact) mass is 286 g/mol. The number of nitrogens with one attached hydrogen (secondary N) is 1. The van der Waals surface area contributed by atoms with E-state index in [1.54, 1.807) is 0 Å². The summed E-state index contributed by atoms with van der Waals surface area (Å²) in [6.45, 7) is 1.49. The summed E-state index contributed by atoms with van der Waals surface area (Å²) in [5.41, 5.74) is 1.11. The quantitative estimate of drug-likeness (QED) is 0.914. The lowest BCUT2D eigenvalue weighted by Crippen LogP contribution is -2.44. The third-order valence-corrected chi connectivity index (χ3v) is 3.96. The summed E-state index contributed by atoms with van der Waals surface area (Å²) in [6.07, 6.45) is -3.19. The smallest absolute Gasteiger partial charge is 0.312 e. The Bertz CT molecular complexity index is 405. The molecule has 2 rings (SSSR count). The Labute approximate surface area is 118 Å². The zero-order valence-electron chi connectivity index (χ0n) is 11.7. The van der Waals surface area contributed by atoms with E-state index in [1.165, 1.54) is 0 Å². The van der Waals surface area contributed by atoms with Gasteiger partial charge in [-0.25, -0.2) is 0 Å². The van der Waals surface area contributed by atoms with Gasteiger partial charge in [0.05, 0.1) is 5.92 Å². The fourth-order valence-corrected chi connectivity index (χ4v) is 2.80. The van der Waals surface area contributed by atoms with Gasteiger partial charge in [0.2, 0.25) is 0 Å². The Morgan fingerprint density at radius 3 is 2.60 bits per heavy atom. The highest BCUT2D eigenvalue weighted by molar-refractivity contribution is 5.19. The average Bonchev–Trinajstić information content (AvgIpc) is 2.45. The van der Waals surface area contributed by atoms with E-state index in [2.05, 4.69) is 5.32 Å². The van der Waals surface area contributed by atoms with Crippen LogP contribution in [0.4, 0.5) is 13.2 Å². The van der Waals surface area contributed by atoms with Crippen LogP contribution in [-0.2, 0) is 0 Å². The summed E-state index contributed by atoms with van der Waals surface area (Å²) in [7, 11) is 1.85. The molecule has 2 unspecified atom stereocenters. The standard InChI is InChI=1S/C15H21F3N2/c1-19-14(12-6-3-2-4-7-12)11-20-9-5-8-13(10-20)15(16,17)18/h2-4,6-7,13-14,19H,5,8-11H2,1H3. The summed E-state index contributed by atoms with van der Waals surface area (Å²) in [5.74, 6) is -1.18. The molecule has 0 aliphatic carbocycles. The molecule has 1 saturated heterocycles. The summed E-state index contributed by atoms with van der Waals surface area (Å²) >= 11 is 0. The first-order valence-corrected chi connectivity index (χ1v) is 7.02. The normalized spacial score (nSPS) is 22.7. The van der Waals surface area contributed by atoms with Crippen molar-refractivity contribution in [3.63, 3.8) is 0 Å². The summed E-state index contributed by atoms with van der Waals surface area (Å²) in [5, 5.41) is 3.20. The van der Waals surface area contributed by atoms with Crippen molar-refractivity contribution in [2.24, 2.45) is 5.92 Å². The molecule has 1 fully saturated rings. The SMILES string of the molecule is CNC(CN1CCCC(C(F)(F)F)C1)c1ccccc1. The second kappa shape index (κ2) is 6.59. The van der Waals surface area contributed by atoms with Crippen LogP contribution in [0, 0.1) is 5.92 Å². The molecule has 2 atom stereocenters. The lowest BCUT2D eigenvalue weighted by atomic mass is 9.96. The Hall–Kier alpha value is -1.07. The van der Waals surface area contributed by atoms with Crippen LogP contribution in [0.2, 0.25) is 0 Å². The predicted octanol–water partition coefficient (Wildman–Crippen LogP) is 3.22. The van der Waals surface area contributed by atoms with Crippen LogP contribution in [-0.4, -0.2) is 37.8 Å². The van der Waals surface area contributed by atoms with E-state index >= 15 is 0 Å². The Morgan fingerprint density at radius 2 is 2.00 bits per heavy atom. The summed E-state index contributed by atoms with van der Waals surface area (Å²) in [6, 6.07) is 9.93. The van der Waals surface area contributed by atoms with E-state index in [0.29, 0.717) is 13.0 Å². The van der Waals surface area contributed by atoms with Gasteiger partial charge >= 0.3 is 6.18 Å². The topological polar surface area (TPSA) is 15.3 Å². The fourth-order valence-electron chi connectivity index (χ4n) is 2.80. The second-order valence-corrected chi connectivity index (χ2v) is 5.39. The number of rotatable bonds is 4. The van der Waals surface area contributed by atoms with Gasteiger partial charge in [0.25, 0.3) is 0 Å². The van der Waals surface area contributed by atoms with Gasteiger partial charge in [-0.1, -0.05) is 30.3 Å². The van der Waals surface area contributed by atoms with E-state index in [-0.39, 0.29) is 19.0 Å². The Kier molecular flexibility index (Phi) is 5.05. The highest BCUT2D eigenvalue weighted by atomic mass is 19.4. The minimum absolute atomic E-state index is 0.0724. The number of hydrogen-bond donors (Lipinski definition) is 1. The maximum atomic E-state index is 12.8. The van der Waals surface area contributed by atoms with Gasteiger partial charge in [-0.3, -0.25) is 0 Å². The number of piperidine rings is 1. The maximum absolute atomic E-state index is 12.8. The first-order valence-electron chi connectivity index (χ1n) is 7.02. The van der Waals surface area contributed by atoms with Crippen LogP contribution in [0.25, 0.3) is 0 Å². The maximum Gasteiger partial charge on any atom is 0.393 e. The number of likely N-dealkylation sites (tertiary alicyclic amines) is 1. The molecule has 1 N–H and O–H groups in total. The van der Waals surface area contributed by atoms with Crippen LogP contribution in [0.1, 0.15) is 24.4 Å². The van der Waals surface area contributed by atoms with E-state index in [4.69, 9.17) is 0 Å². The first-order chi connectivity index (χ1) is 9.50. The van der Waals surface area contributed by atoms with E-state index in [0.717, 1.165) is 12.1 Å². The number of hydrogen-bond acceptors (Lipinski definition) is 2. The fraction of sp³-hybridized carbons (Fsp3) is 0.600. The molecule has 0 amide bonds. The van der Waals surface area contributed by atoms with E-state index < -0.39 is 12.1 Å². The first kappa shape index (κ1) is 15.3. The van der Waals surface area contributed by atoms with Crippen molar-refractivity contribution >= 4 is 0 Å². The lowest BCUT2D eigenvalue weighted by Gasteiger charge is -2.35. The van der Waals surface area contributed by atoms with Crippen molar-refractivity contribution in [3.8, 4) is 0 Å². The average molecular weight is 286 g/mol. The van der Waals surface area contributed by atoms with Gasteiger partial charge in [0, 0.05) is 19.1 Å². The number of nitrogens with zero attached hydrogens (tertiary/aromatic N) is 1. The minimum atomic E-state index is -4.07. The van der Waals surface area contributed by atoms with Crippen LogP contribution in [0.15, 0.2) is 30.3 Å². The van der Waals surface area contributed by atoms with Crippen LogP contribution in [0.5, 0.6) is 0 Å². The Balaban J connectivity index is 1.98. The van der Waals surface area contributed by atoms with Crippen molar-refractivity contribution in [2.75, 3.05) is 26.7 Å². The molecule has 1 aliphatic rings. The minimum Gasteiger partial charge on any atom is -0.312 e. The Morgan fingerprint density at radius 1 is 1.30 bits per heavy atom. The molecule has 0 bridgehead atoms. The number of halogens is 3. The molecule has 2 nitrogen and oxygen atoms in total.